The first-order valence-corrected chi connectivity index (χ1v) is 6.56. The standard InChI is InChI=1S/C13H15BrFNO4/c1-13(2,3)20-12(19)16-10(11(17)18)7-4-8(14)6-9(15)5-7/h4-6,10H,1-3H3,(H,16,19)(H,17,18). The highest BCUT2D eigenvalue weighted by Gasteiger charge is 2.26. The van der Waals surface area contributed by atoms with Crippen LogP contribution in [0, 0.1) is 5.82 Å². The van der Waals surface area contributed by atoms with Crippen LogP contribution in [-0.4, -0.2) is 22.8 Å². The number of nitrogens with one attached hydrogen (secondary N) is 1. The van der Waals surface area contributed by atoms with Gasteiger partial charge in [-0.2, -0.15) is 0 Å². The molecular weight excluding hydrogens is 333 g/mol. The van der Waals surface area contributed by atoms with Gasteiger partial charge in [-0.25, -0.2) is 14.0 Å². The molecule has 5 nitrogen and oxygen atoms in total. The third-order valence-electron chi connectivity index (χ3n) is 2.13. The van der Waals surface area contributed by atoms with Crippen LogP contribution in [0.5, 0.6) is 0 Å². The first-order valence-electron chi connectivity index (χ1n) is 5.77. The van der Waals surface area contributed by atoms with Crippen molar-refractivity contribution in [2.45, 2.75) is 32.4 Å². The SMILES string of the molecule is CC(C)(C)OC(=O)NC(C(=O)O)c1cc(F)cc(Br)c1. The van der Waals surface area contributed by atoms with Gasteiger partial charge in [-0.15, -0.1) is 0 Å². The molecule has 1 aromatic carbocycles. The second kappa shape index (κ2) is 6.21. The molecule has 7 heteroatoms. The fraction of sp³-hybridized carbons (Fsp3) is 0.385. The van der Waals surface area contributed by atoms with Gasteiger partial charge in [-0.3, -0.25) is 0 Å². The lowest BCUT2D eigenvalue weighted by molar-refractivity contribution is -0.139. The van der Waals surface area contributed by atoms with Crippen molar-refractivity contribution in [2.75, 3.05) is 0 Å². The van der Waals surface area contributed by atoms with Crippen molar-refractivity contribution in [1.29, 1.82) is 0 Å². The summed E-state index contributed by atoms with van der Waals surface area (Å²) in [6.07, 6.45) is -0.884. The largest absolute Gasteiger partial charge is 0.479 e. The van der Waals surface area contributed by atoms with Crippen LogP contribution in [-0.2, 0) is 9.53 Å². The van der Waals surface area contributed by atoms with E-state index in [2.05, 4.69) is 21.2 Å². The Kier molecular flexibility index (Phi) is 5.10. The smallest absolute Gasteiger partial charge is 0.408 e. The van der Waals surface area contributed by atoms with Crippen LogP contribution in [0.3, 0.4) is 0 Å². The molecule has 1 aromatic rings. The average Bonchev–Trinajstić information content (AvgIpc) is 2.21. The van der Waals surface area contributed by atoms with Gasteiger partial charge >= 0.3 is 12.1 Å². The summed E-state index contributed by atoms with van der Waals surface area (Å²) >= 11 is 3.07. The van der Waals surface area contributed by atoms with Crippen LogP contribution >= 0.6 is 15.9 Å². The molecule has 20 heavy (non-hydrogen) atoms. The van der Waals surface area contributed by atoms with E-state index < -0.39 is 29.5 Å². The lowest BCUT2D eigenvalue weighted by Crippen LogP contribution is -2.38. The number of hydrogen-bond acceptors (Lipinski definition) is 3. The number of carboxylic acid groups (broad SMARTS) is 1. The molecule has 1 unspecified atom stereocenters. The van der Waals surface area contributed by atoms with E-state index >= 15 is 0 Å². The summed E-state index contributed by atoms with van der Waals surface area (Å²) in [6, 6.07) is 2.26. The minimum atomic E-state index is -1.39. The van der Waals surface area contributed by atoms with Gasteiger partial charge in [0.1, 0.15) is 11.4 Å². The fourth-order valence-corrected chi connectivity index (χ4v) is 1.94. The Morgan fingerprint density at radius 1 is 1.35 bits per heavy atom. The molecular formula is C13H15BrFNO4. The predicted octanol–water partition coefficient (Wildman–Crippen LogP) is 3.24. The van der Waals surface area contributed by atoms with Gasteiger partial charge in [0.2, 0.25) is 0 Å². The number of hydrogen-bond donors (Lipinski definition) is 2. The van der Waals surface area contributed by atoms with E-state index in [-0.39, 0.29) is 5.56 Å². The van der Waals surface area contributed by atoms with E-state index in [9.17, 15) is 14.0 Å². The number of carboxylic acids is 1. The maximum atomic E-state index is 13.3. The van der Waals surface area contributed by atoms with Crippen LogP contribution in [0.1, 0.15) is 32.4 Å². The number of rotatable bonds is 3. The summed E-state index contributed by atoms with van der Waals surface area (Å²) in [7, 11) is 0. The van der Waals surface area contributed by atoms with Gasteiger partial charge in [0.25, 0.3) is 0 Å². The van der Waals surface area contributed by atoms with E-state index in [1.807, 2.05) is 0 Å². The Balaban J connectivity index is 2.95. The second-order valence-corrected chi connectivity index (χ2v) is 6.04. The highest BCUT2D eigenvalue weighted by atomic mass is 79.9. The highest BCUT2D eigenvalue weighted by molar-refractivity contribution is 9.10. The van der Waals surface area contributed by atoms with Crippen LogP contribution < -0.4 is 5.32 Å². The quantitative estimate of drug-likeness (QED) is 0.879. The molecule has 2 N–H and O–H groups in total. The lowest BCUT2D eigenvalue weighted by atomic mass is 10.1. The van der Waals surface area contributed by atoms with E-state index in [1.165, 1.54) is 12.1 Å². The molecule has 0 aliphatic carbocycles. The Labute approximate surface area is 124 Å². The predicted molar refractivity (Wildman–Crippen MR) is 73.8 cm³/mol. The van der Waals surface area contributed by atoms with Crippen LogP contribution in [0.15, 0.2) is 22.7 Å². The minimum Gasteiger partial charge on any atom is -0.479 e. The number of amides is 1. The number of alkyl carbamates (subject to hydrolysis) is 1. The van der Waals surface area contributed by atoms with Crippen LogP contribution in [0.2, 0.25) is 0 Å². The normalized spacial score (nSPS) is 12.7. The number of benzene rings is 1. The molecule has 0 spiro atoms. The average molecular weight is 348 g/mol. The summed E-state index contributed by atoms with van der Waals surface area (Å²) in [5, 5.41) is 11.3. The van der Waals surface area contributed by atoms with Crippen LogP contribution in [0.25, 0.3) is 0 Å². The van der Waals surface area contributed by atoms with Crippen molar-refractivity contribution >= 4 is 28.0 Å². The molecule has 0 saturated heterocycles. The monoisotopic (exact) mass is 347 g/mol. The summed E-state index contributed by atoms with van der Waals surface area (Å²) < 4.78 is 18.7. The van der Waals surface area contributed by atoms with E-state index in [4.69, 9.17) is 9.84 Å². The van der Waals surface area contributed by atoms with Gasteiger partial charge < -0.3 is 15.2 Å². The molecule has 0 radical (unpaired) electrons. The molecule has 0 aromatic heterocycles. The number of aliphatic carboxylic acids is 1. The summed E-state index contributed by atoms with van der Waals surface area (Å²) in [5.41, 5.74) is -0.648. The molecule has 0 saturated carbocycles. The molecule has 1 rings (SSSR count). The number of ether oxygens (including phenoxy) is 1. The lowest BCUT2D eigenvalue weighted by Gasteiger charge is -2.22. The minimum absolute atomic E-state index is 0.107. The van der Waals surface area contributed by atoms with Gasteiger partial charge in [0, 0.05) is 4.47 Å². The van der Waals surface area contributed by atoms with Crippen molar-refractivity contribution in [3.05, 3.63) is 34.1 Å². The topological polar surface area (TPSA) is 75.6 Å². The molecule has 0 heterocycles. The highest BCUT2D eigenvalue weighted by Crippen LogP contribution is 2.21. The molecule has 110 valence electrons. The van der Waals surface area contributed by atoms with Crippen molar-refractivity contribution in [1.82, 2.24) is 5.32 Å². The van der Waals surface area contributed by atoms with Gasteiger partial charge in [-0.1, -0.05) is 15.9 Å². The molecule has 0 aliphatic heterocycles. The molecule has 0 aliphatic rings. The Morgan fingerprint density at radius 3 is 2.40 bits per heavy atom. The van der Waals surface area contributed by atoms with Gasteiger partial charge in [-0.05, 0) is 44.5 Å². The van der Waals surface area contributed by atoms with Crippen molar-refractivity contribution < 1.29 is 23.8 Å². The Morgan fingerprint density at radius 2 is 1.95 bits per heavy atom. The first kappa shape index (κ1) is 16.4. The summed E-state index contributed by atoms with van der Waals surface area (Å²) in [4.78, 5) is 22.8. The van der Waals surface area contributed by atoms with E-state index in [0.29, 0.717) is 4.47 Å². The Bertz CT molecular complexity index is 507. The zero-order chi connectivity index (χ0) is 15.5. The van der Waals surface area contributed by atoms with Crippen LogP contribution in [0.4, 0.5) is 9.18 Å². The van der Waals surface area contributed by atoms with Gasteiger partial charge in [0.15, 0.2) is 6.04 Å². The molecule has 1 amide bonds. The zero-order valence-corrected chi connectivity index (χ0v) is 12.8. The number of carbonyl (C=O) groups is 2. The maximum absolute atomic E-state index is 13.3. The van der Waals surface area contributed by atoms with Crippen molar-refractivity contribution in [3.8, 4) is 0 Å². The van der Waals surface area contributed by atoms with Crippen molar-refractivity contribution in [2.24, 2.45) is 0 Å². The van der Waals surface area contributed by atoms with Gasteiger partial charge in [0.05, 0.1) is 0 Å². The summed E-state index contributed by atoms with van der Waals surface area (Å²) in [5.74, 6) is -1.92. The molecule has 0 fully saturated rings. The third-order valence-corrected chi connectivity index (χ3v) is 2.58. The first-order chi connectivity index (χ1) is 9.08. The van der Waals surface area contributed by atoms with Crippen molar-refractivity contribution in [3.63, 3.8) is 0 Å². The molecule has 1 atom stereocenters. The third kappa shape index (κ3) is 5.16. The second-order valence-electron chi connectivity index (χ2n) is 5.12. The fourth-order valence-electron chi connectivity index (χ4n) is 1.45. The van der Waals surface area contributed by atoms with E-state index in [0.717, 1.165) is 6.07 Å². The Hall–Kier alpha value is -1.63. The number of halogens is 2. The summed E-state index contributed by atoms with van der Waals surface area (Å²) in [6.45, 7) is 4.96. The van der Waals surface area contributed by atoms with E-state index in [1.54, 1.807) is 20.8 Å². The molecule has 0 bridgehead atoms. The number of carbonyl (C=O) groups excluding carboxylic acids is 1. The zero-order valence-electron chi connectivity index (χ0n) is 11.2. The maximum Gasteiger partial charge on any atom is 0.408 e.